The fourth-order valence-electron chi connectivity index (χ4n) is 9.60. The number of sulfonamides is 1. The van der Waals surface area contributed by atoms with Crippen molar-refractivity contribution in [1.29, 1.82) is 0 Å². The summed E-state index contributed by atoms with van der Waals surface area (Å²) in [7, 11) is 2.80. The van der Waals surface area contributed by atoms with Crippen molar-refractivity contribution in [1.82, 2.24) is 19.2 Å². The van der Waals surface area contributed by atoms with Crippen molar-refractivity contribution in [2.75, 3.05) is 122 Å². The Balaban J connectivity index is 0.767. The van der Waals surface area contributed by atoms with Gasteiger partial charge in [-0.1, -0.05) is 54.1 Å². The van der Waals surface area contributed by atoms with E-state index in [4.69, 9.17) is 46.1 Å². The molecule has 1 aromatic heterocycles. The van der Waals surface area contributed by atoms with Gasteiger partial charge in [-0.3, -0.25) is 4.79 Å². The highest BCUT2D eigenvalue weighted by Gasteiger charge is 2.28. The predicted octanol–water partition coefficient (Wildman–Crippen LogP) is 7.17. The van der Waals surface area contributed by atoms with E-state index in [0.29, 0.717) is 103 Å². The zero-order chi connectivity index (χ0) is 56.4. The molecule has 420 valence electrons. The lowest BCUT2D eigenvalue weighted by Crippen LogP contribution is -2.45. The number of anilines is 3. The molecule has 19 nitrogen and oxygen atoms in total. The minimum absolute atomic E-state index is 0.00393. The standard InChI is InChI=1S/C57H67ClFN9O10S/c1-36-10-11-38(45(34-51(70)71)39-30-49(60)55(67(4)61)50(31-39)74-5)28-40(36)35-66(3)79(72,73)43-14-12-42(13-15-43)78-27-26-77-25-24-76-23-22-75-21-16-62-57-63-54-47(56(64-57)68-19-17-65(2)18-20-68)33-48(58)52(53(54)59)46-32-41(69)29-37-8-6-7-9-44(37)46/h6-15,28-33,45,69H,16-27,34-35,60-61H2,1-5H3,(H,70,71)(H,62,63,64)/p+1. The smallest absolute Gasteiger partial charge is 0.304 e. The number of likely N-dealkylation sites (N-methyl/N-ethyl adjacent to an activating group) is 1. The van der Waals surface area contributed by atoms with E-state index in [1.54, 1.807) is 43.4 Å². The number of carboxylic acid groups (broad SMARTS) is 1. The Morgan fingerprint density at radius 1 is 0.873 bits per heavy atom. The number of ether oxygens (including phenoxy) is 5. The van der Waals surface area contributed by atoms with Crippen molar-refractivity contribution in [3.05, 3.63) is 130 Å². The van der Waals surface area contributed by atoms with Crippen LogP contribution in [0.25, 0.3) is 32.8 Å². The number of phenols is 1. The van der Waals surface area contributed by atoms with Gasteiger partial charge < -0.3 is 59.8 Å². The number of nitrogens with one attached hydrogen (secondary N) is 1. The lowest BCUT2D eigenvalue weighted by atomic mass is 9.86. The Labute approximate surface area is 464 Å². The quantitative estimate of drug-likeness (QED) is 0.0205. The van der Waals surface area contributed by atoms with Crippen LogP contribution in [0.15, 0.2) is 102 Å². The van der Waals surface area contributed by atoms with E-state index in [0.717, 1.165) is 35.0 Å². The van der Waals surface area contributed by atoms with Crippen molar-refractivity contribution in [2.24, 2.45) is 5.84 Å². The Morgan fingerprint density at radius 3 is 2.24 bits per heavy atom. The van der Waals surface area contributed by atoms with Crippen LogP contribution >= 0.6 is 11.6 Å². The van der Waals surface area contributed by atoms with Gasteiger partial charge in [0.15, 0.2) is 17.2 Å². The molecule has 0 radical (unpaired) electrons. The molecule has 22 heteroatoms. The number of piperazine rings is 1. The number of methoxy groups -OCH3 is 1. The number of aliphatic carboxylic acids is 1. The monoisotopic (exact) mass is 1120 g/mol. The molecule has 1 unspecified atom stereocenters. The zero-order valence-corrected chi connectivity index (χ0v) is 46.6. The molecule has 1 atom stereocenters. The maximum Gasteiger partial charge on any atom is 0.304 e. The van der Waals surface area contributed by atoms with E-state index in [1.807, 2.05) is 49.4 Å². The normalized spacial score (nSPS) is 13.6. The van der Waals surface area contributed by atoms with Crippen LogP contribution in [0.4, 0.5) is 27.5 Å². The summed E-state index contributed by atoms with van der Waals surface area (Å²) in [6, 6.07) is 27.6. The molecule has 6 aromatic carbocycles. The topological polar surface area (TPSA) is 242 Å². The average molecular weight is 1130 g/mol. The lowest BCUT2D eigenvalue weighted by molar-refractivity contribution is -0.254. The first-order valence-electron chi connectivity index (χ1n) is 25.8. The van der Waals surface area contributed by atoms with Crippen LogP contribution in [-0.2, 0) is 35.6 Å². The van der Waals surface area contributed by atoms with Gasteiger partial charge >= 0.3 is 5.97 Å². The summed E-state index contributed by atoms with van der Waals surface area (Å²) < 4.78 is 74.2. The van der Waals surface area contributed by atoms with Gasteiger partial charge in [0.05, 0.1) is 63.1 Å². The van der Waals surface area contributed by atoms with Crippen LogP contribution in [0.5, 0.6) is 17.2 Å². The number of halogens is 2. The van der Waals surface area contributed by atoms with Crippen molar-refractivity contribution in [3.8, 4) is 28.4 Å². The molecule has 1 saturated heterocycles. The molecule has 0 bridgehead atoms. The summed E-state index contributed by atoms with van der Waals surface area (Å²) in [5, 5.41) is 27.3. The number of carbonyl (C=O) groups is 1. The third-order valence-corrected chi connectivity index (χ3v) is 15.9. The van der Waals surface area contributed by atoms with Crippen LogP contribution in [0.2, 0.25) is 5.02 Å². The van der Waals surface area contributed by atoms with E-state index in [-0.39, 0.29) is 58.9 Å². The second-order valence-electron chi connectivity index (χ2n) is 19.3. The van der Waals surface area contributed by atoms with Crippen molar-refractivity contribution < 1.29 is 57.2 Å². The van der Waals surface area contributed by atoms with Gasteiger partial charge in [0.25, 0.3) is 0 Å². The van der Waals surface area contributed by atoms with Gasteiger partial charge in [-0.2, -0.15) is 9.29 Å². The number of aromatic hydroxyl groups is 1. The summed E-state index contributed by atoms with van der Waals surface area (Å²) >= 11 is 6.87. The SMILES string of the molecule is COc1cc(C(CC(=O)O)c2ccc(C)c(CN(C)S(=O)(=O)c3ccc(OCCOCCOCCOCCNc4nc(N5CCN(C)CC5)c5cc(Cl)c(-c6cc(O)cc7ccccc67)c(F)c5n4)cc3)c2)cc([NH3+])c1N(C)N. The van der Waals surface area contributed by atoms with E-state index in [9.17, 15) is 23.4 Å². The summed E-state index contributed by atoms with van der Waals surface area (Å²) in [5.74, 6) is 5.58. The Kier molecular flexibility index (Phi) is 19.4. The van der Waals surface area contributed by atoms with Gasteiger partial charge in [-0.05, 0) is 101 Å². The first-order chi connectivity index (χ1) is 37.9. The van der Waals surface area contributed by atoms with E-state index >= 15 is 4.39 Å². The Morgan fingerprint density at radius 2 is 1.56 bits per heavy atom. The number of rotatable bonds is 26. The number of aryl methyl sites for hydroxylation is 1. The summed E-state index contributed by atoms with van der Waals surface area (Å²) in [4.78, 5) is 26.0. The minimum atomic E-state index is -3.93. The van der Waals surface area contributed by atoms with Gasteiger partial charge in [0.1, 0.15) is 35.2 Å². The molecule has 8 N–H and O–H groups in total. The molecule has 0 spiro atoms. The maximum absolute atomic E-state index is 16.8. The zero-order valence-electron chi connectivity index (χ0n) is 45.0. The molecule has 0 aliphatic carbocycles. The molecule has 1 aliphatic rings. The highest BCUT2D eigenvalue weighted by atomic mass is 35.5. The number of nitrogens with zero attached hydrogens (tertiary/aromatic N) is 6. The first-order valence-corrected chi connectivity index (χ1v) is 27.6. The largest absolute Gasteiger partial charge is 0.508 e. The minimum Gasteiger partial charge on any atom is -0.508 e. The first kappa shape index (κ1) is 58.2. The third-order valence-electron chi connectivity index (χ3n) is 13.8. The fourth-order valence-corrected chi connectivity index (χ4v) is 11.0. The molecular weight excluding hydrogens is 1060 g/mol. The van der Waals surface area contributed by atoms with E-state index in [2.05, 4.69) is 32.9 Å². The number of hydrazine groups is 1. The fraction of sp³-hybridized carbons (Fsp3) is 0.351. The van der Waals surface area contributed by atoms with E-state index in [1.165, 1.54) is 41.7 Å². The summed E-state index contributed by atoms with van der Waals surface area (Å²) in [6.07, 6.45) is -0.219. The van der Waals surface area contributed by atoms with E-state index < -0.39 is 27.7 Å². The number of carboxylic acids is 1. The molecule has 1 fully saturated rings. The molecule has 1 aliphatic heterocycles. The number of hydrogen-bond acceptors (Lipinski definition) is 16. The van der Waals surface area contributed by atoms with Gasteiger partial charge in [0.2, 0.25) is 16.0 Å². The molecule has 7 aromatic rings. The maximum atomic E-state index is 16.8. The van der Waals surface area contributed by atoms with Gasteiger partial charge in [0, 0.05) is 76.3 Å². The molecule has 0 saturated carbocycles. The second-order valence-corrected chi connectivity index (χ2v) is 21.8. The highest BCUT2D eigenvalue weighted by molar-refractivity contribution is 7.89. The average Bonchev–Trinajstić information content (AvgIpc) is 3.60. The number of fused-ring (bicyclic) bond motifs is 2. The van der Waals surface area contributed by atoms with Crippen LogP contribution in [-0.4, -0.2) is 151 Å². The number of nitrogens with two attached hydrogens (primary N) is 1. The Hall–Kier alpha value is -6.92. The van der Waals surface area contributed by atoms with Gasteiger partial charge in [-0.15, -0.1) is 0 Å². The molecular formula is C57H68ClFN9O10S+. The van der Waals surface area contributed by atoms with Crippen molar-refractivity contribution in [3.63, 3.8) is 0 Å². The lowest BCUT2D eigenvalue weighted by Gasteiger charge is -2.34. The number of hydrogen-bond donors (Lipinski definition) is 5. The second kappa shape index (κ2) is 26.4. The number of quaternary nitrogens is 1. The predicted molar refractivity (Wildman–Crippen MR) is 304 cm³/mol. The molecule has 79 heavy (non-hydrogen) atoms. The number of aromatic nitrogens is 2. The van der Waals surface area contributed by atoms with Gasteiger partial charge in [-0.25, -0.2) is 23.6 Å². The molecule has 2 heterocycles. The van der Waals surface area contributed by atoms with Crippen LogP contribution in [0.1, 0.15) is 34.6 Å². The summed E-state index contributed by atoms with van der Waals surface area (Å²) in [5.41, 5.74) is 8.91. The molecule has 8 rings (SSSR count). The molecule has 0 amide bonds. The third kappa shape index (κ3) is 14.1. The Bertz CT molecular complexity index is 3390. The summed E-state index contributed by atoms with van der Waals surface area (Å²) in [6.45, 7) is 7.40. The van der Waals surface area contributed by atoms with Crippen molar-refractivity contribution in [2.45, 2.75) is 30.7 Å². The van der Waals surface area contributed by atoms with Crippen LogP contribution < -0.4 is 36.3 Å². The highest BCUT2D eigenvalue weighted by Crippen LogP contribution is 2.43. The van der Waals surface area contributed by atoms with Crippen molar-refractivity contribution >= 4 is 72.4 Å². The van der Waals surface area contributed by atoms with Crippen LogP contribution in [0, 0.1) is 12.7 Å². The van der Waals surface area contributed by atoms with Crippen LogP contribution in [0.3, 0.4) is 0 Å². The number of phenolic OH excluding ortho intramolecular Hbond substituents is 1. The number of benzene rings is 6.